The molecule has 2 aromatic rings. The minimum Gasteiger partial charge on any atom is -0.309 e. The minimum absolute atomic E-state index is 0.370. The van der Waals surface area contributed by atoms with Crippen molar-refractivity contribution >= 4 is 23.3 Å². The molecule has 0 saturated heterocycles. The molecule has 0 spiro atoms. The van der Waals surface area contributed by atoms with Crippen molar-refractivity contribution in [3.05, 3.63) is 41.7 Å². The Hall–Kier alpha value is -0.910. The van der Waals surface area contributed by atoms with Crippen LogP contribution in [0.25, 0.3) is 0 Å². The van der Waals surface area contributed by atoms with E-state index in [4.69, 9.17) is 0 Å². The van der Waals surface area contributed by atoms with Crippen LogP contribution >= 0.6 is 23.3 Å². The fourth-order valence-corrected chi connectivity index (χ4v) is 3.69. The molecular weight excluding hydrogens is 286 g/mol. The van der Waals surface area contributed by atoms with Crippen LogP contribution < -0.4 is 5.32 Å². The van der Waals surface area contributed by atoms with E-state index in [0.29, 0.717) is 6.04 Å². The average molecular weight is 307 g/mol. The summed E-state index contributed by atoms with van der Waals surface area (Å²) in [5, 5.41) is 3.61. The van der Waals surface area contributed by atoms with Gasteiger partial charge in [-0.3, -0.25) is 0 Å². The average Bonchev–Trinajstić information content (AvgIpc) is 2.96. The summed E-state index contributed by atoms with van der Waals surface area (Å²) in [5.41, 5.74) is 1.34. The van der Waals surface area contributed by atoms with E-state index in [9.17, 15) is 0 Å². The maximum Gasteiger partial charge on any atom is 0.170 e. The highest BCUT2D eigenvalue weighted by Crippen LogP contribution is 2.26. The van der Waals surface area contributed by atoms with E-state index in [-0.39, 0.29) is 0 Å². The molecule has 1 aromatic heterocycles. The molecule has 0 amide bonds. The van der Waals surface area contributed by atoms with Gasteiger partial charge < -0.3 is 5.32 Å². The van der Waals surface area contributed by atoms with E-state index in [1.807, 2.05) is 0 Å². The van der Waals surface area contributed by atoms with E-state index in [0.717, 1.165) is 35.3 Å². The molecule has 5 heteroatoms. The fourth-order valence-electron chi connectivity index (χ4n) is 1.87. The summed E-state index contributed by atoms with van der Waals surface area (Å²) in [5.74, 6) is 1.94. The standard InChI is InChI=1S/C15H21N3S2/c1-3-10-16-13(12-8-6-5-7-9-12)11-19-15-17-14(4-2)18-20-15/h5-9,13,16H,3-4,10-11H2,1-2H3. The zero-order chi connectivity index (χ0) is 14.2. The van der Waals surface area contributed by atoms with Gasteiger partial charge in [-0.1, -0.05) is 55.9 Å². The van der Waals surface area contributed by atoms with Gasteiger partial charge in [0, 0.05) is 18.2 Å². The molecule has 1 N–H and O–H groups in total. The van der Waals surface area contributed by atoms with Gasteiger partial charge in [0.25, 0.3) is 0 Å². The summed E-state index contributed by atoms with van der Waals surface area (Å²) in [6, 6.07) is 11.0. The first-order valence-electron chi connectivity index (χ1n) is 7.07. The van der Waals surface area contributed by atoms with Crippen molar-refractivity contribution in [3.8, 4) is 0 Å². The Labute approximate surface area is 129 Å². The third-order valence-electron chi connectivity index (χ3n) is 2.98. The molecule has 0 bridgehead atoms. The summed E-state index contributed by atoms with van der Waals surface area (Å²) in [6.07, 6.45) is 2.06. The van der Waals surface area contributed by atoms with Crippen LogP contribution in [0.3, 0.4) is 0 Å². The molecule has 1 heterocycles. The Kier molecular flexibility index (Phi) is 6.50. The Bertz CT molecular complexity index is 499. The van der Waals surface area contributed by atoms with Crippen LogP contribution in [0.5, 0.6) is 0 Å². The highest BCUT2D eigenvalue weighted by molar-refractivity contribution is 8.00. The second kappa shape index (κ2) is 8.39. The van der Waals surface area contributed by atoms with Gasteiger partial charge in [0.05, 0.1) is 0 Å². The quantitative estimate of drug-likeness (QED) is 0.750. The SMILES string of the molecule is CCCNC(CSc1nc(CC)ns1)c1ccccc1. The predicted molar refractivity (Wildman–Crippen MR) is 87.5 cm³/mol. The second-order valence-corrected chi connectivity index (χ2v) is 6.58. The smallest absolute Gasteiger partial charge is 0.170 e. The lowest BCUT2D eigenvalue weighted by Crippen LogP contribution is -2.24. The van der Waals surface area contributed by atoms with Crippen molar-refractivity contribution in [1.82, 2.24) is 14.7 Å². The molecule has 1 aromatic carbocycles. The van der Waals surface area contributed by atoms with Gasteiger partial charge in [-0.25, -0.2) is 4.98 Å². The topological polar surface area (TPSA) is 37.8 Å². The van der Waals surface area contributed by atoms with E-state index in [2.05, 4.69) is 58.9 Å². The number of aryl methyl sites for hydroxylation is 1. The lowest BCUT2D eigenvalue weighted by molar-refractivity contribution is 0.577. The molecular formula is C15H21N3S2. The number of nitrogens with one attached hydrogen (secondary N) is 1. The summed E-state index contributed by atoms with van der Waals surface area (Å²) in [4.78, 5) is 4.52. The lowest BCUT2D eigenvalue weighted by atomic mass is 10.1. The van der Waals surface area contributed by atoms with Crippen LogP contribution in [0, 0.1) is 0 Å². The molecule has 1 atom stereocenters. The van der Waals surface area contributed by atoms with Gasteiger partial charge in [-0.2, -0.15) is 4.37 Å². The molecule has 3 nitrogen and oxygen atoms in total. The first-order valence-corrected chi connectivity index (χ1v) is 8.83. The van der Waals surface area contributed by atoms with Gasteiger partial charge in [-0.05, 0) is 30.1 Å². The molecule has 0 saturated carbocycles. The predicted octanol–water partition coefficient (Wildman–Crippen LogP) is 3.93. The number of aromatic nitrogens is 2. The molecule has 2 rings (SSSR count). The highest BCUT2D eigenvalue weighted by atomic mass is 32.2. The third kappa shape index (κ3) is 4.58. The summed E-state index contributed by atoms with van der Waals surface area (Å²) < 4.78 is 5.41. The molecule has 20 heavy (non-hydrogen) atoms. The van der Waals surface area contributed by atoms with Crippen LogP contribution in [0.2, 0.25) is 0 Å². The van der Waals surface area contributed by atoms with Gasteiger partial charge in [0.15, 0.2) is 4.34 Å². The normalized spacial score (nSPS) is 12.5. The van der Waals surface area contributed by atoms with Crippen LogP contribution in [0.15, 0.2) is 34.7 Å². The number of hydrogen-bond acceptors (Lipinski definition) is 5. The van der Waals surface area contributed by atoms with Crippen LogP contribution in [0.4, 0.5) is 0 Å². The minimum atomic E-state index is 0.370. The second-order valence-electron chi connectivity index (χ2n) is 4.56. The van der Waals surface area contributed by atoms with Gasteiger partial charge >= 0.3 is 0 Å². The maximum atomic E-state index is 4.52. The highest BCUT2D eigenvalue weighted by Gasteiger charge is 2.12. The van der Waals surface area contributed by atoms with Crippen molar-refractivity contribution in [2.45, 2.75) is 37.1 Å². The largest absolute Gasteiger partial charge is 0.309 e. The van der Waals surface area contributed by atoms with Gasteiger partial charge in [-0.15, -0.1) is 0 Å². The zero-order valence-electron chi connectivity index (χ0n) is 12.0. The van der Waals surface area contributed by atoms with Crippen molar-refractivity contribution in [2.75, 3.05) is 12.3 Å². The van der Waals surface area contributed by atoms with Crippen molar-refractivity contribution < 1.29 is 0 Å². The van der Waals surface area contributed by atoms with E-state index < -0.39 is 0 Å². The molecule has 0 radical (unpaired) electrons. The molecule has 0 aliphatic heterocycles. The van der Waals surface area contributed by atoms with E-state index in [1.54, 1.807) is 11.8 Å². The van der Waals surface area contributed by atoms with Gasteiger partial charge in [0.2, 0.25) is 0 Å². The summed E-state index contributed by atoms with van der Waals surface area (Å²) in [6.45, 7) is 5.32. The molecule has 1 unspecified atom stereocenters. The Morgan fingerprint density at radius 1 is 1.25 bits per heavy atom. The van der Waals surface area contributed by atoms with Crippen molar-refractivity contribution in [2.24, 2.45) is 0 Å². The first kappa shape index (κ1) is 15.5. The van der Waals surface area contributed by atoms with E-state index in [1.165, 1.54) is 17.1 Å². The number of benzene rings is 1. The lowest BCUT2D eigenvalue weighted by Gasteiger charge is -2.17. The first-order chi connectivity index (χ1) is 9.83. The zero-order valence-corrected chi connectivity index (χ0v) is 13.6. The Balaban J connectivity index is 1.97. The monoisotopic (exact) mass is 307 g/mol. The van der Waals surface area contributed by atoms with Crippen molar-refractivity contribution in [3.63, 3.8) is 0 Å². The summed E-state index contributed by atoms with van der Waals surface area (Å²) in [7, 11) is 0. The molecule has 0 aliphatic rings. The van der Waals surface area contributed by atoms with Gasteiger partial charge in [0.1, 0.15) is 5.82 Å². The maximum absolute atomic E-state index is 4.52. The number of hydrogen-bond donors (Lipinski definition) is 1. The molecule has 0 aliphatic carbocycles. The number of nitrogens with zero attached hydrogens (tertiary/aromatic N) is 2. The fraction of sp³-hybridized carbons (Fsp3) is 0.467. The molecule has 0 fully saturated rings. The van der Waals surface area contributed by atoms with Crippen LogP contribution in [0.1, 0.15) is 37.7 Å². The third-order valence-corrected chi connectivity index (χ3v) is 4.95. The number of rotatable bonds is 8. The van der Waals surface area contributed by atoms with Crippen LogP contribution in [-0.4, -0.2) is 21.7 Å². The Morgan fingerprint density at radius 3 is 2.70 bits per heavy atom. The van der Waals surface area contributed by atoms with Crippen molar-refractivity contribution in [1.29, 1.82) is 0 Å². The summed E-state index contributed by atoms with van der Waals surface area (Å²) >= 11 is 3.30. The van der Waals surface area contributed by atoms with E-state index >= 15 is 0 Å². The van der Waals surface area contributed by atoms with Crippen LogP contribution in [-0.2, 0) is 6.42 Å². The Morgan fingerprint density at radius 2 is 2.05 bits per heavy atom. The number of thioether (sulfide) groups is 1. The molecule has 108 valence electrons.